The van der Waals surface area contributed by atoms with Gasteiger partial charge >= 0.3 is 0 Å². The standard InChI is InChI=1S/C16H17N3/c1-10-5-6-14(7-11(10)2)19-16-9-13(4)12(3)8-15(16)17-18-19/h5-9H,1-4H3. The molecule has 0 N–H and O–H groups in total. The second-order valence-corrected chi connectivity index (χ2v) is 5.19. The number of nitrogens with zero attached hydrogens (tertiary/aromatic N) is 3. The Bertz CT molecular complexity index is 769. The van der Waals surface area contributed by atoms with Crippen molar-refractivity contribution in [2.75, 3.05) is 0 Å². The van der Waals surface area contributed by atoms with Crippen LogP contribution < -0.4 is 0 Å². The summed E-state index contributed by atoms with van der Waals surface area (Å²) in [5, 5.41) is 8.55. The molecule has 0 amide bonds. The molecule has 0 aliphatic rings. The average molecular weight is 251 g/mol. The predicted molar refractivity (Wildman–Crippen MR) is 77.8 cm³/mol. The summed E-state index contributed by atoms with van der Waals surface area (Å²) in [6.45, 7) is 8.45. The largest absolute Gasteiger partial charge is 0.213 e. The molecule has 0 aliphatic carbocycles. The van der Waals surface area contributed by atoms with Gasteiger partial charge in [-0.25, -0.2) is 4.68 Å². The third-order valence-electron chi connectivity index (χ3n) is 3.80. The van der Waals surface area contributed by atoms with Crippen molar-refractivity contribution in [3.63, 3.8) is 0 Å². The van der Waals surface area contributed by atoms with Gasteiger partial charge in [-0.2, -0.15) is 0 Å². The maximum atomic E-state index is 4.29. The molecule has 1 heterocycles. The number of hydrogen-bond donors (Lipinski definition) is 0. The summed E-state index contributed by atoms with van der Waals surface area (Å²) in [7, 11) is 0. The van der Waals surface area contributed by atoms with E-state index >= 15 is 0 Å². The van der Waals surface area contributed by atoms with Crippen LogP contribution in [0.1, 0.15) is 22.3 Å². The highest BCUT2D eigenvalue weighted by Gasteiger charge is 2.08. The molecule has 1 aromatic heterocycles. The van der Waals surface area contributed by atoms with Crippen LogP contribution in [0.2, 0.25) is 0 Å². The van der Waals surface area contributed by atoms with E-state index in [0.717, 1.165) is 16.7 Å². The number of rotatable bonds is 1. The Labute approximate surface area is 112 Å². The van der Waals surface area contributed by atoms with Crippen LogP contribution in [0, 0.1) is 27.7 Å². The zero-order chi connectivity index (χ0) is 13.6. The molecule has 0 bridgehead atoms. The summed E-state index contributed by atoms with van der Waals surface area (Å²) in [5.74, 6) is 0. The highest BCUT2D eigenvalue weighted by Crippen LogP contribution is 2.21. The Balaban J connectivity index is 2.25. The number of fused-ring (bicyclic) bond motifs is 1. The van der Waals surface area contributed by atoms with Gasteiger partial charge in [0, 0.05) is 0 Å². The van der Waals surface area contributed by atoms with Crippen molar-refractivity contribution in [2.24, 2.45) is 0 Å². The van der Waals surface area contributed by atoms with Gasteiger partial charge in [-0.05, 0) is 74.2 Å². The second-order valence-electron chi connectivity index (χ2n) is 5.19. The van der Waals surface area contributed by atoms with Crippen molar-refractivity contribution >= 4 is 11.0 Å². The molecule has 96 valence electrons. The predicted octanol–water partition coefficient (Wildman–Crippen LogP) is 3.65. The molecular weight excluding hydrogens is 234 g/mol. The molecule has 3 aromatic rings. The summed E-state index contributed by atoms with van der Waals surface area (Å²) in [6, 6.07) is 10.6. The molecule has 0 saturated carbocycles. The van der Waals surface area contributed by atoms with E-state index in [1.165, 1.54) is 22.3 Å². The molecule has 0 atom stereocenters. The summed E-state index contributed by atoms with van der Waals surface area (Å²) < 4.78 is 1.91. The summed E-state index contributed by atoms with van der Waals surface area (Å²) in [6.07, 6.45) is 0. The minimum absolute atomic E-state index is 0.946. The first-order valence-corrected chi connectivity index (χ1v) is 6.46. The lowest BCUT2D eigenvalue weighted by Crippen LogP contribution is -1.98. The zero-order valence-corrected chi connectivity index (χ0v) is 11.7. The van der Waals surface area contributed by atoms with Gasteiger partial charge in [0.1, 0.15) is 5.52 Å². The van der Waals surface area contributed by atoms with E-state index in [2.05, 4.69) is 68.3 Å². The molecule has 2 aromatic carbocycles. The first-order chi connectivity index (χ1) is 9.06. The molecule has 3 rings (SSSR count). The van der Waals surface area contributed by atoms with Gasteiger partial charge in [0.25, 0.3) is 0 Å². The third kappa shape index (κ3) is 1.91. The highest BCUT2D eigenvalue weighted by molar-refractivity contribution is 5.78. The molecule has 0 radical (unpaired) electrons. The quantitative estimate of drug-likeness (QED) is 0.661. The van der Waals surface area contributed by atoms with Gasteiger partial charge in [-0.3, -0.25) is 0 Å². The van der Waals surface area contributed by atoms with Crippen molar-refractivity contribution in [3.8, 4) is 5.69 Å². The van der Waals surface area contributed by atoms with Gasteiger partial charge in [0.05, 0.1) is 11.2 Å². The molecule has 0 saturated heterocycles. The molecule has 3 heteroatoms. The molecule has 19 heavy (non-hydrogen) atoms. The van der Waals surface area contributed by atoms with Crippen molar-refractivity contribution in [2.45, 2.75) is 27.7 Å². The number of aryl methyl sites for hydroxylation is 4. The smallest absolute Gasteiger partial charge is 0.113 e. The molecule has 0 fully saturated rings. The zero-order valence-electron chi connectivity index (χ0n) is 11.7. The van der Waals surface area contributed by atoms with Crippen LogP contribution in [-0.4, -0.2) is 15.0 Å². The maximum Gasteiger partial charge on any atom is 0.113 e. The van der Waals surface area contributed by atoms with Crippen LogP contribution in [0.15, 0.2) is 30.3 Å². The van der Waals surface area contributed by atoms with E-state index in [4.69, 9.17) is 0 Å². The second kappa shape index (κ2) is 4.19. The lowest BCUT2D eigenvalue weighted by molar-refractivity contribution is 0.822. The topological polar surface area (TPSA) is 30.7 Å². The lowest BCUT2D eigenvalue weighted by Gasteiger charge is -2.06. The minimum Gasteiger partial charge on any atom is -0.213 e. The summed E-state index contributed by atoms with van der Waals surface area (Å²) in [4.78, 5) is 0. The van der Waals surface area contributed by atoms with Crippen molar-refractivity contribution in [1.82, 2.24) is 15.0 Å². The van der Waals surface area contributed by atoms with Gasteiger partial charge in [0.2, 0.25) is 0 Å². The Kier molecular flexibility index (Phi) is 2.63. The van der Waals surface area contributed by atoms with Gasteiger partial charge < -0.3 is 0 Å². The van der Waals surface area contributed by atoms with Crippen molar-refractivity contribution < 1.29 is 0 Å². The van der Waals surface area contributed by atoms with Crippen molar-refractivity contribution in [1.29, 1.82) is 0 Å². The normalized spacial score (nSPS) is 11.2. The first kappa shape index (κ1) is 11.9. The monoisotopic (exact) mass is 251 g/mol. The highest BCUT2D eigenvalue weighted by atomic mass is 15.4. The van der Waals surface area contributed by atoms with E-state index in [-0.39, 0.29) is 0 Å². The Morgan fingerprint density at radius 3 is 2.21 bits per heavy atom. The Morgan fingerprint density at radius 1 is 0.789 bits per heavy atom. The van der Waals surface area contributed by atoms with E-state index in [1.54, 1.807) is 0 Å². The number of hydrogen-bond acceptors (Lipinski definition) is 2. The van der Waals surface area contributed by atoms with E-state index in [9.17, 15) is 0 Å². The molecule has 0 unspecified atom stereocenters. The van der Waals surface area contributed by atoms with E-state index in [0.29, 0.717) is 0 Å². The van der Waals surface area contributed by atoms with Crippen LogP contribution in [-0.2, 0) is 0 Å². The fourth-order valence-electron chi connectivity index (χ4n) is 2.22. The SMILES string of the molecule is Cc1ccc(-n2nnc3cc(C)c(C)cc32)cc1C. The van der Waals surface area contributed by atoms with Gasteiger partial charge in [-0.15, -0.1) is 5.10 Å². The fourth-order valence-corrected chi connectivity index (χ4v) is 2.22. The Hall–Kier alpha value is -2.16. The average Bonchev–Trinajstić information content (AvgIpc) is 2.76. The van der Waals surface area contributed by atoms with E-state index < -0.39 is 0 Å². The number of benzene rings is 2. The maximum absolute atomic E-state index is 4.29. The van der Waals surface area contributed by atoms with Crippen LogP contribution in [0.5, 0.6) is 0 Å². The Morgan fingerprint density at radius 2 is 1.47 bits per heavy atom. The number of aromatic nitrogens is 3. The molecule has 3 nitrogen and oxygen atoms in total. The minimum atomic E-state index is 0.946. The third-order valence-corrected chi connectivity index (χ3v) is 3.80. The van der Waals surface area contributed by atoms with Crippen LogP contribution in [0.25, 0.3) is 16.7 Å². The summed E-state index contributed by atoms with van der Waals surface area (Å²) >= 11 is 0. The molecular formula is C16H17N3. The van der Waals surface area contributed by atoms with E-state index in [1.807, 2.05) is 4.68 Å². The van der Waals surface area contributed by atoms with Gasteiger partial charge in [-0.1, -0.05) is 11.3 Å². The van der Waals surface area contributed by atoms with Crippen LogP contribution >= 0.6 is 0 Å². The lowest BCUT2D eigenvalue weighted by atomic mass is 10.1. The first-order valence-electron chi connectivity index (χ1n) is 6.46. The summed E-state index contributed by atoms with van der Waals surface area (Å²) in [5.41, 5.74) is 8.14. The van der Waals surface area contributed by atoms with Gasteiger partial charge in [0.15, 0.2) is 0 Å². The molecule has 0 spiro atoms. The van der Waals surface area contributed by atoms with Crippen molar-refractivity contribution in [3.05, 3.63) is 52.6 Å². The van der Waals surface area contributed by atoms with Crippen LogP contribution in [0.4, 0.5) is 0 Å². The fraction of sp³-hybridized carbons (Fsp3) is 0.250. The molecule has 0 aliphatic heterocycles. The van der Waals surface area contributed by atoms with Crippen LogP contribution in [0.3, 0.4) is 0 Å².